The highest BCUT2D eigenvalue weighted by molar-refractivity contribution is 6.31. The Bertz CT molecular complexity index is 587. The molecule has 0 atom stereocenters. The van der Waals surface area contributed by atoms with Crippen molar-refractivity contribution in [2.45, 2.75) is 20.8 Å². The van der Waals surface area contributed by atoms with Crippen LogP contribution < -0.4 is 0 Å². The summed E-state index contributed by atoms with van der Waals surface area (Å²) in [5, 5.41) is 5.08. The van der Waals surface area contributed by atoms with Gasteiger partial charge in [0.25, 0.3) is 0 Å². The van der Waals surface area contributed by atoms with Gasteiger partial charge in [0.15, 0.2) is 0 Å². The van der Waals surface area contributed by atoms with Crippen molar-refractivity contribution in [3.05, 3.63) is 45.7 Å². The molecule has 0 unspecified atom stereocenters. The molecule has 0 N–H and O–H groups in total. The number of rotatable bonds is 2. The summed E-state index contributed by atoms with van der Waals surface area (Å²) in [6, 6.07) is 5.50. The minimum atomic E-state index is 0.666. The second kappa shape index (κ2) is 4.34. The lowest BCUT2D eigenvalue weighted by Crippen LogP contribution is -2.02. The Balaban J connectivity index is 2.60. The van der Waals surface area contributed by atoms with Crippen LogP contribution in [0.3, 0.4) is 0 Å². The lowest BCUT2D eigenvalue weighted by molar-refractivity contribution is 0.112. The summed E-state index contributed by atoms with van der Waals surface area (Å²) < 4.78 is 1.81. The van der Waals surface area contributed by atoms with Crippen molar-refractivity contribution in [2.75, 3.05) is 0 Å². The molecule has 0 aliphatic rings. The predicted octanol–water partition coefficient (Wildman–Crippen LogP) is 3.26. The molecule has 0 spiro atoms. The van der Waals surface area contributed by atoms with Gasteiger partial charge in [-0.15, -0.1) is 0 Å². The van der Waals surface area contributed by atoms with E-state index in [-0.39, 0.29) is 0 Å². The number of hydrogen-bond acceptors (Lipinski definition) is 2. The van der Waals surface area contributed by atoms with E-state index in [1.807, 2.05) is 37.6 Å². The molecule has 3 nitrogen and oxygen atoms in total. The number of carbonyl (C=O) groups excluding carboxylic acids is 1. The minimum absolute atomic E-state index is 0.666. The zero-order valence-electron chi connectivity index (χ0n) is 9.99. The fourth-order valence-electron chi connectivity index (χ4n) is 1.85. The van der Waals surface area contributed by atoms with Crippen LogP contribution in [0.5, 0.6) is 0 Å². The highest BCUT2D eigenvalue weighted by Gasteiger charge is 2.12. The van der Waals surface area contributed by atoms with E-state index in [1.54, 1.807) is 6.07 Å². The first kappa shape index (κ1) is 11.9. The highest BCUT2D eigenvalue weighted by atomic mass is 35.5. The number of carbonyl (C=O) groups is 1. The zero-order valence-corrected chi connectivity index (χ0v) is 10.7. The Hall–Kier alpha value is -1.61. The van der Waals surface area contributed by atoms with Crippen LogP contribution in [-0.4, -0.2) is 16.1 Å². The third-order valence-electron chi connectivity index (χ3n) is 2.79. The van der Waals surface area contributed by atoms with Crippen LogP contribution in [0, 0.1) is 20.8 Å². The van der Waals surface area contributed by atoms with Crippen LogP contribution in [0.25, 0.3) is 5.69 Å². The maximum absolute atomic E-state index is 10.7. The maximum atomic E-state index is 10.7. The maximum Gasteiger partial charge on any atom is 0.150 e. The van der Waals surface area contributed by atoms with Crippen molar-refractivity contribution in [1.82, 2.24) is 9.78 Å². The fourth-order valence-corrected chi connectivity index (χ4v) is 1.97. The van der Waals surface area contributed by atoms with E-state index >= 15 is 0 Å². The van der Waals surface area contributed by atoms with Gasteiger partial charge in [-0.25, -0.2) is 4.68 Å². The second-order valence-corrected chi connectivity index (χ2v) is 4.44. The van der Waals surface area contributed by atoms with Gasteiger partial charge in [-0.05, 0) is 44.5 Å². The molecule has 2 aromatic rings. The number of hydrogen-bond donors (Lipinski definition) is 0. The second-order valence-electron chi connectivity index (χ2n) is 4.06. The third kappa shape index (κ3) is 1.98. The molecule has 0 bridgehead atoms. The average Bonchev–Trinajstić information content (AvgIpc) is 2.57. The molecule has 1 aromatic carbocycles. The van der Waals surface area contributed by atoms with E-state index in [2.05, 4.69) is 5.10 Å². The normalized spacial score (nSPS) is 10.6. The molecular formula is C13H13ClN2O. The molecule has 1 aromatic heterocycles. The van der Waals surface area contributed by atoms with E-state index in [4.69, 9.17) is 11.6 Å². The Kier molecular flexibility index (Phi) is 3.03. The molecule has 1 heterocycles. The van der Waals surface area contributed by atoms with Gasteiger partial charge in [0.1, 0.15) is 6.29 Å². The summed E-state index contributed by atoms with van der Waals surface area (Å²) in [6.45, 7) is 5.75. The largest absolute Gasteiger partial charge is 0.298 e. The fraction of sp³-hybridized carbons (Fsp3) is 0.231. The zero-order chi connectivity index (χ0) is 12.6. The predicted molar refractivity (Wildman–Crippen MR) is 68.2 cm³/mol. The Morgan fingerprint density at radius 2 is 2.00 bits per heavy atom. The third-order valence-corrected chi connectivity index (χ3v) is 3.34. The Morgan fingerprint density at radius 3 is 2.47 bits per heavy atom. The molecule has 0 aliphatic carbocycles. The van der Waals surface area contributed by atoms with Gasteiger partial charge >= 0.3 is 0 Å². The number of halogens is 1. The number of nitrogens with zero attached hydrogens (tertiary/aromatic N) is 2. The molecule has 88 valence electrons. The van der Waals surface area contributed by atoms with Gasteiger partial charge in [0.2, 0.25) is 0 Å². The lowest BCUT2D eigenvalue weighted by Gasteiger charge is -2.08. The Labute approximate surface area is 105 Å². The van der Waals surface area contributed by atoms with Crippen molar-refractivity contribution in [1.29, 1.82) is 0 Å². The summed E-state index contributed by atoms with van der Waals surface area (Å²) >= 11 is 6.12. The highest BCUT2D eigenvalue weighted by Crippen LogP contribution is 2.24. The Morgan fingerprint density at radius 1 is 1.29 bits per heavy atom. The van der Waals surface area contributed by atoms with Gasteiger partial charge < -0.3 is 0 Å². The summed E-state index contributed by atoms with van der Waals surface area (Å²) in [6.07, 6.45) is 0.838. The minimum Gasteiger partial charge on any atom is -0.298 e. The van der Waals surface area contributed by atoms with E-state index in [1.165, 1.54) is 0 Å². The van der Waals surface area contributed by atoms with Crippen molar-refractivity contribution >= 4 is 17.9 Å². The van der Waals surface area contributed by atoms with E-state index in [0.29, 0.717) is 10.6 Å². The molecular weight excluding hydrogens is 236 g/mol. The quantitative estimate of drug-likeness (QED) is 0.765. The van der Waals surface area contributed by atoms with Gasteiger partial charge in [-0.3, -0.25) is 4.79 Å². The summed E-state index contributed by atoms with van der Waals surface area (Å²) in [7, 11) is 0. The first-order valence-corrected chi connectivity index (χ1v) is 5.70. The van der Waals surface area contributed by atoms with Crippen LogP contribution in [-0.2, 0) is 0 Å². The molecule has 17 heavy (non-hydrogen) atoms. The van der Waals surface area contributed by atoms with Crippen LogP contribution in [0.1, 0.15) is 27.3 Å². The van der Waals surface area contributed by atoms with Crippen molar-refractivity contribution in [2.24, 2.45) is 0 Å². The van der Waals surface area contributed by atoms with Gasteiger partial charge in [0.05, 0.1) is 22.1 Å². The topological polar surface area (TPSA) is 34.9 Å². The molecule has 4 heteroatoms. The average molecular weight is 249 g/mol. The van der Waals surface area contributed by atoms with Crippen molar-refractivity contribution < 1.29 is 4.79 Å². The SMILES string of the molecule is Cc1cc(C=O)ccc1-n1nc(C)c(Cl)c1C. The van der Waals surface area contributed by atoms with Gasteiger partial charge in [-0.1, -0.05) is 11.6 Å². The molecule has 0 aliphatic heterocycles. The molecule has 0 fully saturated rings. The number of aryl methyl sites for hydroxylation is 2. The van der Waals surface area contributed by atoms with E-state index < -0.39 is 0 Å². The van der Waals surface area contributed by atoms with Crippen LogP contribution in [0.2, 0.25) is 5.02 Å². The summed E-state index contributed by atoms with van der Waals surface area (Å²) in [4.78, 5) is 10.7. The monoisotopic (exact) mass is 248 g/mol. The van der Waals surface area contributed by atoms with Gasteiger partial charge in [-0.2, -0.15) is 5.10 Å². The van der Waals surface area contributed by atoms with Crippen LogP contribution in [0.4, 0.5) is 0 Å². The van der Waals surface area contributed by atoms with Crippen LogP contribution in [0.15, 0.2) is 18.2 Å². The number of aromatic nitrogens is 2. The molecule has 0 saturated carbocycles. The van der Waals surface area contributed by atoms with Crippen molar-refractivity contribution in [3.63, 3.8) is 0 Å². The molecule has 0 amide bonds. The van der Waals surface area contributed by atoms with Crippen molar-refractivity contribution in [3.8, 4) is 5.69 Å². The van der Waals surface area contributed by atoms with E-state index in [9.17, 15) is 4.79 Å². The summed E-state index contributed by atoms with van der Waals surface area (Å²) in [5.74, 6) is 0. The smallest absolute Gasteiger partial charge is 0.150 e. The number of benzene rings is 1. The lowest BCUT2D eigenvalue weighted by atomic mass is 10.1. The standard InChI is InChI=1S/C13H13ClN2O/c1-8-6-11(7-17)4-5-12(8)16-10(3)13(14)9(2)15-16/h4-7H,1-3H3. The molecule has 0 saturated heterocycles. The molecule has 2 rings (SSSR count). The first-order valence-electron chi connectivity index (χ1n) is 5.32. The van der Waals surface area contributed by atoms with Crippen LogP contribution >= 0.6 is 11.6 Å². The van der Waals surface area contributed by atoms with Gasteiger partial charge in [0, 0.05) is 5.56 Å². The summed E-state index contributed by atoms with van der Waals surface area (Å²) in [5.41, 5.74) is 4.33. The molecule has 0 radical (unpaired) electrons. The van der Waals surface area contributed by atoms with E-state index in [0.717, 1.165) is 28.9 Å². The number of aldehydes is 1. The first-order chi connectivity index (χ1) is 8.04.